The van der Waals surface area contributed by atoms with Crippen molar-refractivity contribution in [2.24, 2.45) is 0 Å². The molecule has 0 bridgehead atoms. The molecule has 4 rings (SSSR count). The molecule has 0 saturated carbocycles. The molecule has 0 amide bonds. The van der Waals surface area contributed by atoms with E-state index in [1.165, 1.54) is 0 Å². The minimum Gasteiger partial charge on any atom is -0.378 e. The molecule has 1 saturated heterocycles. The summed E-state index contributed by atoms with van der Waals surface area (Å²) in [7, 11) is 0. The molecule has 0 spiro atoms. The van der Waals surface area contributed by atoms with E-state index in [0.717, 1.165) is 34.8 Å². The highest BCUT2D eigenvalue weighted by atomic mass is 16.5. The van der Waals surface area contributed by atoms with Crippen molar-refractivity contribution in [1.82, 2.24) is 29.5 Å². The molecule has 0 unspecified atom stereocenters. The molecule has 136 valence electrons. The van der Waals surface area contributed by atoms with Gasteiger partial charge >= 0.3 is 0 Å². The van der Waals surface area contributed by atoms with Crippen molar-refractivity contribution in [3.63, 3.8) is 0 Å². The summed E-state index contributed by atoms with van der Waals surface area (Å²) in [6.07, 6.45) is 1.87. The van der Waals surface area contributed by atoms with Crippen molar-refractivity contribution in [3.05, 3.63) is 57.2 Å². The second-order valence-corrected chi connectivity index (χ2v) is 6.76. The highest BCUT2D eigenvalue weighted by Crippen LogP contribution is 2.25. The SMILES string of the molecule is Cc1cc(C)n2ncc(CN3CCOC[C@H]3c3cc(=O)[nH]c(C)n3)c2n1. The molecule has 4 heterocycles. The number of fused-ring (bicyclic) bond motifs is 1. The van der Waals surface area contributed by atoms with E-state index in [4.69, 9.17) is 4.74 Å². The zero-order valence-corrected chi connectivity index (χ0v) is 15.2. The average molecular weight is 354 g/mol. The Kier molecular flexibility index (Phi) is 4.29. The molecule has 0 aromatic carbocycles. The molecule has 0 radical (unpaired) electrons. The van der Waals surface area contributed by atoms with Gasteiger partial charge in [0.15, 0.2) is 5.65 Å². The van der Waals surface area contributed by atoms with Crippen LogP contribution in [0.25, 0.3) is 5.65 Å². The van der Waals surface area contributed by atoms with Gasteiger partial charge in [-0.25, -0.2) is 14.5 Å². The second kappa shape index (κ2) is 6.62. The van der Waals surface area contributed by atoms with Crippen molar-refractivity contribution in [2.75, 3.05) is 19.8 Å². The first-order valence-corrected chi connectivity index (χ1v) is 8.72. The van der Waals surface area contributed by atoms with Gasteiger partial charge in [-0.15, -0.1) is 0 Å². The van der Waals surface area contributed by atoms with E-state index < -0.39 is 0 Å². The predicted molar refractivity (Wildman–Crippen MR) is 96.0 cm³/mol. The van der Waals surface area contributed by atoms with Crippen LogP contribution in [0, 0.1) is 20.8 Å². The average Bonchev–Trinajstić information content (AvgIpc) is 2.97. The molecular formula is C18H22N6O2. The Labute approximate surface area is 150 Å². The van der Waals surface area contributed by atoms with E-state index in [9.17, 15) is 4.79 Å². The number of rotatable bonds is 3. The number of hydrogen-bond donors (Lipinski definition) is 1. The monoisotopic (exact) mass is 354 g/mol. The molecular weight excluding hydrogens is 332 g/mol. The van der Waals surface area contributed by atoms with Gasteiger partial charge in [0.2, 0.25) is 0 Å². The predicted octanol–water partition coefficient (Wildman–Crippen LogP) is 1.31. The number of ether oxygens (including phenoxy) is 1. The first-order chi connectivity index (χ1) is 12.5. The molecule has 8 heteroatoms. The van der Waals surface area contributed by atoms with Crippen molar-refractivity contribution in [1.29, 1.82) is 0 Å². The maximum atomic E-state index is 11.8. The lowest BCUT2D eigenvalue weighted by Crippen LogP contribution is -2.40. The van der Waals surface area contributed by atoms with E-state index in [1.54, 1.807) is 13.0 Å². The van der Waals surface area contributed by atoms with Crippen LogP contribution in [-0.2, 0) is 11.3 Å². The number of hydrogen-bond acceptors (Lipinski definition) is 6. The van der Waals surface area contributed by atoms with Gasteiger partial charge in [0.05, 0.1) is 31.1 Å². The van der Waals surface area contributed by atoms with Gasteiger partial charge in [-0.2, -0.15) is 5.10 Å². The zero-order chi connectivity index (χ0) is 18.3. The summed E-state index contributed by atoms with van der Waals surface area (Å²) < 4.78 is 7.53. The first-order valence-electron chi connectivity index (χ1n) is 8.72. The summed E-state index contributed by atoms with van der Waals surface area (Å²) in [5.74, 6) is 0.613. The molecule has 3 aromatic rings. The van der Waals surface area contributed by atoms with Crippen LogP contribution in [0.2, 0.25) is 0 Å². The maximum absolute atomic E-state index is 11.8. The summed E-state index contributed by atoms with van der Waals surface area (Å²) in [6.45, 7) is 8.42. The number of nitrogens with zero attached hydrogens (tertiary/aromatic N) is 5. The maximum Gasteiger partial charge on any atom is 0.251 e. The van der Waals surface area contributed by atoms with Crippen LogP contribution in [0.15, 0.2) is 23.1 Å². The van der Waals surface area contributed by atoms with Crippen LogP contribution in [0.4, 0.5) is 0 Å². The molecule has 3 aromatic heterocycles. The van der Waals surface area contributed by atoms with Gasteiger partial charge < -0.3 is 9.72 Å². The second-order valence-electron chi connectivity index (χ2n) is 6.76. The Morgan fingerprint density at radius 2 is 2.12 bits per heavy atom. The summed E-state index contributed by atoms with van der Waals surface area (Å²) in [5, 5.41) is 4.48. The van der Waals surface area contributed by atoms with Gasteiger partial charge in [0.1, 0.15) is 5.82 Å². The minimum atomic E-state index is -0.137. The summed E-state index contributed by atoms with van der Waals surface area (Å²) in [6, 6.07) is 3.51. The van der Waals surface area contributed by atoms with Crippen LogP contribution in [0.3, 0.4) is 0 Å². The number of aryl methyl sites for hydroxylation is 3. The minimum absolute atomic E-state index is 0.0643. The Morgan fingerprint density at radius 3 is 2.92 bits per heavy atom. The number of nitrogens with one attached hydrogen (secondary N) is 1. The highest BCUT2D eigenvalue weighted by molar-refractivity contribution is 5.48. The first kappa shape index (κ1) is 16.9. The van der Waals surface area contributed by atoms with E-state index in [2.05, 4.69) is 25.0 Å². The standard InChI is InChI=1S/C18H22N6O2/c1-11-6-12(2)24-18(20-11)14(8-19-24)9-23-4-5-26-10-16(23)15-7-17(25)22-13(3)21-15/h6-8,16H,4-5,9-10H2,1-3H3,(H,21,22,25)/t16-/m0/s1. The summed E-state index contributed by atoms with van der Waals surface area (Å²) in [5.41, 5.74) is 4.57. The van der Waals surface area contributed by atoms with Gasteiger partial charge in [0, 0.05) is 36.1 Å². The van der Waals surface area contributed by atoms with Crippen molar-refractivity contribution >= 4 is 5.65 Å². The van der Waals surface area contributed by atoms with Gasteiger partial charge in [0.25, 0.3) is 5.56 Å². The van der Waals surface area contributed by atoms with Crippen LogP contribution in [0.1, 0.15) is 34.5 Å². The molecule has 1 N–H and O–H groups in total. The quantitative estimate of drug-likeness (QED) is 0.763. The Hall–Kier alpha value is -2.58. The Bertz CT molecular complexity index is 1010. The van der Waals surface area contributed by atoms with E-state index in [0.29, 0.717) is 25.6 Å². The lowest BCUT2D eigenvalue weighted by atomic mass is 10.1. The smallest absolute Gasteiger partial charge is 0.251 e. The lowest BCUT2D eigenvalue weighted by Gasteiger charge is -2.34. The third-order valence-corrected chi connectivity index (χ3v) is 4.69. The molecule has 1 aliphatic rings. The van der Waals surface area contributed by atoms with Crippen molar-refractivity contribution in [3.8, 4) is 0 Å². The highest BCUT2D eigenvalue weighted by Gasteiger charge is 2.27. The van der Waals surface area contributed by atoms with E-state index in [-0.39, 0.29) is 11.6 Å². The number of H-pyrrole nitrogens is 1. The van der Waals surface area contributed by atoms with E-state index in [1.807, 2.05) is 30.6 Å². The van der Waals surface area contributed by atoms with E-state index >= 15 is 0 Å². The topological polar surface area (TPSA) is 88.4 Å². The Morgan fingerprint density at radius 1 is 1.27 bits per heavy atom. The summed E-state index contributed by atoms with van der Waals surface area (Å²) >= 11 is 0. The molecule has 8 nitrogen and oxygen atoms in total. The molecule has 1 aliphatic heterocycles. The number of morpholine rings is 1. The van der Waals surface area contributed by atoms with Crippen LogP contribution in [-0.4, -0.2) is 49.2 Å². The fraction of sp³-hybridized carbons (Fsp3) is 0.444. The molecule has 1 fully saturated rings. The van der Waals surface area contributed by atoms with Crippen LogP contribution < -0.4 is 5.56 Å². The summed E-state index contributed by atoms with van der Waals surface area (Å²) in [4.78, 5) is 26.0. The van der Waals surface area contributed by atoms with Gasteiger partial charge in [-0.3, -0.25) is 9.69 Å². The third kappa shape index (κ3) is 3.13. The third-order valence-electron chi connectivity index (χ3n) is 4.69. The number of aromatic amines is 1. The van der Waals surface area contributed by atoms with Crippen LogP contribution >= 0.6 is 0 Å². The fourth-order valence-corrected chi connectivity index (χ4v) is 3.52. The van der Waals surface area contributed by atoms with Crippen LogP contribution in [0.5, 0.6) is 0 Å². The molecule has 0 aliphatic carbocycles. The van der Waals surface area contributed by atoms with Gasteiger partial charge in [-0.1, -0.05) is 0 Å². The zero-order valence-electron chi connectivity index (χ0n) is 15.2. The fourth-order valence-electron chi connectivity index (χ4n) is 3.52. The Balaban J connectivity index is 1.68. The lowest BCUT2D eigenvalue weighted by molar-refractivity contribution is -0.0142. The number of aromatic nitrogens is 5. The van der Waals surface area contributed by atoms with Crippen molar-refractivity contribution < 1.29 is 4.74 Å². The van der Waals surface area contributed by atoms with Crippen molar-refractivity contribution in [2.45, 2.75) is 33.4 Å². The molecule has 1 atom stereocenters. The normalized spacial score (nSPS) is 18.5. The van der Waals surface area contributed by atoms with Gasteiger partial charge in [-0.05, 0) is 26.8 Å². The largest absolute Gasteiger partial charge is 0.378 e. The molecule has 26 heavy (non-hydrogen) atoms.